The molecule has 0 saturated heterocycles. The van der Waals surface area contributed by atoms with Crippen molar-refractivity contribution in [1.82, 2.24) is 24.1 Å². The number of hydrogen-bond acceptors (Lipinski definition) is 4. The number of rotatable bonds is 5. The second-order valence-corrected chi connectivity index (χ2v) is 16.7. The second-order valence-electron chi connectivity index (χ2n) is 15.6. The summed E-state index contributed by atoms with van der Waals surface area (Å²) in [6.07, 6.45) is 0. The molecule has 0 spiro atoms. The molecule has 0 radical (unpaired) electrons. The largest absolute Gasteiger partial charge is 0.295 e. The van der Waals surface area contributed by atoms with Gasteiger partial charge in [0.05, 0.1) is 16.7 Å². The highest BCUT2D eigenvalue weighted by molar-refractivity contribution is 7.99. The van der Waals surface area contributed by atoms with Crippen LogP contribution in [0.4, 0.5) is 0 Å². The fourth-order valence-electron chi connectivity index (χ4n) is 9.42. The lowest BCUT2D eigenvalue weighted by Gasteiger charge is -2.21. The highest BCUT2D eigenvalue weighted by Gasteiger charge is 2.28. The highest BCUT2D eigenvalue weighted by Crippen LogP contribution is 2.50. The Labute approximate surface area is 355 Å². The second kappa shape index (κ2) is 13.4. The van der Waals surface area contributed by atoms with E-state index in [4.69, 9.17) is 15.0 Å². The Bertz CT molecular complexity index is 3640. The molecule has 0 saturated carbocycles. The summed E-state index contributed by atoms with van der Waals surface area (Å²) in [4.78, 5) is 18.2. The van der Waals surface area contributed by atoms with E-state index in [0.717, 1.165) is 55.0 Å². The zero-order chi connectivity index (χ0) is 40.0. The quantitative estimate of drug-likeness (QED) is 0.174. The van der Waals surface area contributed by atoms with Crippen molar-refractivity contribution in [2.45, 2.75) is 9.79 Å². The van der Waals surface area contributed by atoms with Crippen LogP contribution in [0.2, 0.25) is 0 Å². The molecule has 284 valence electrons. The third-order valence-corrected chi connectivity index (χ3v) is 13.3. The zero-order valence-electron chi connectivity index (χ0n) is 32.7. The summed E-state index contributed by atoms with van der Waals surface area (Å²) in [7, 11) is 0. The number of fused-ring (bicyclic) bond motifs is 9. The van der Waals surface area contributed by atoms with Gasteiger partial charge in [0.1, 0.15) is 5.65 Å². The fraction of sp³-hybridized carbons (Fsp3) is 0. The van der Waals surface area contributed by atoms with E-state index in [2.05, 4.69) is 209 Å². The number of hydrogen-bond donors (Lipinski definition) is 0. The first-order valence-corrected chi connectivity index (χ1v) is 21.3. The first-order valence-electron chi connectivity index (χ1n) is 20.5. The summed E-state index contributed by atoms with van der Waals surface area (Å²) in [5, 5.41) is 8.22. The van der Waals surface area contributed by atoms with Crippen LogP contribution in [0.25, 0.3) is 111 Å². The molecule has 61 heavy (non-hydrogen) atoms. The Kier molecular flexibility index (Phi) is 7.47. The van der Waals surface area contributed by atoms with Crippen molar-refractivity contribution < 1.29 is 0 Å². The van der Waals surface area contributed by atoms with Gasteiger partial charge < -0.3 is 0 Å². The van der Waals surface area contributed by atoms with Crippen molar-refractivity contribution in [2.75, 3.05) is 0 Å². The molecule has 3 aromatic heterocycles. The van der Waals surface area contributed by atoms with E-state index in [1.54, 1.807) is 0 Å². The fourth-order valence-corrected chi connectivity index (χ4v) is 10.5. The average Bonchev–Trinajstić information content (AvgIpc) is 3.85. The van der Waals surface area contributed by atoms with Crippen LogP contribution in [0.5, 0.6) is 0 Å². The Morgan fingerprint density at radius 3 is 1.72 bits per heavy atom. The minimum absolute atomic E-state index is 0.631. The molecule has 0 atom stereocenters. The van der Waals surface area contributed by atoms with Gasteiger partial charge in [0.25, 0.3) is 0 Å². The lowest BCUT2D eigenvalue weighted by Crippen LogP contribution is -2.05. The molecule has 0 bridgehead atoms. The maximum absolute atomic E-state index is 5.24. The van der Waals surface area contributed by atoms with Crippen molar-refractivity contribution in [3.8, 4) is 56.7 Å². The third-order valence-electron chi connectivity index (χ3n) is 12.1. The maximum Gasteiger partial charge on any atom is 0.164 e. The Balaban J connectivity index is 1.03. The molecule has 0 aliphatic carbocycles. The molecule has 9 aromatic carbocycles. The summed E-state index contributed by atoms with van der Waals surface area (Å²) >= 11 is 1.85. The maximum atomic E-state index is 5.24. The van der Waals surface area contributed by atoms with E-state index < -0.39 is 0 Å². The van der Waals surface area contributed by atoms with E-state index in [1.807, 2.05) is 11.8 Å². The van der Waals surface area contributed by atoms with Crippen LogP contribution in [0.1, 0.15) is 0 Å². The number of nitrogens with zero attached hydrogens (tertiary/aromatic N) is 5. The molecular weight excluding hydrogens is 763 g/mol. The standard InChI is InChI=1S/C55H33N5S/c1-2-20-39(21-3-1)59-46-31-30-37(33-45(46)50-44-26-13-29-49-51(44)60(55(50)59)47-27-8-9-28-48(47)61-49)36-18-10-19-38(32-36)52-56-53(42-24-11-16-34-14-4-6-22-40(34)42)58-54(57-52)43-25-12-17-35-15-5-7-23-41(35)43/h1-33H. The van der Waals surface area contributed by atoms with Gasteiger partial charge in [-0.25, -0.2) is 15.0 Å². The molecule has 4 heterocycles. The Morgan fingerprint density at radius 2 is 0.951 bits per heavy atom. The van der Waals surface area contributed by atoms with Gasteiger partial charge >= 0.3 is 0 Å². The van der Waals surface area contributed by atoms with Gasteiger partial charge in [-0.3, -0.25) is 9.13 Å². The van der Waals surface area contributed by atoms with Crippen LogP contribution in [-0.2, 0) is 0 Å². The molecule has 0 unspecified atom stereocenters. The average molecular weight is 796 g/mol. The van der Waals surface area contributed by atoms with Gasteiger partial charge in [-0.2, -0.15) is 0 Å². The predicted molar refractivity (Wildman–Crippen MR) is 252 cm³/mol. The van der Waals surface area contributed by atoms with Crippen molar-refractivity contribution in [1.29, 1.82) is 0 Å². The molecule has 0 fully saturated rings. The molecule has 5 nitrogen and oxygen atoms in total. The summed E-state index contributed by atoms with van der Waals surface area (Å²) in [6, 6.07) is 71.3. The van der Waals surface area contributed by atoms with E-state index in [-0.39, 0.29) is 0 Å². The minimum atomic E-state index is 0.631. The third kappa shape index (κ3) is 5.26. The van der Waals surface area contributed by atoms with Gasteiger partial charge in [-0.05, 0) is 81.2 Å². The number of aromatic nitrogens is 5. The molecule has 0 N–H and O–H groups in total. The van der Waals surface area contributed by atoms with Crippen molar-refractivity contribution >= 4 is 66.1 Å². The zero-order valence-corrected chi connectivity index (χ0v) is 33.5. The van der Waals surface area contributed by atoms with Crippen LogP contribution in [-0.4, -0.2) is 24.1 Å². The minimum Gasteiger partial charge on any atom is -0.295 e. The molecule has 12 aromatic rings. The molecule has 6 heteroatoms. The topological polar surface area (TPSA) is 48.5 Å². The molecule has 1 aliphatic rings. The Morgan fingerprint density at radius 1 is 0.377 bits per heavy atom. The number of benzene rings is 9. The van der Waals surface area contributed by atoms with Crippen molar-refractivity contribution in [3.63, 3.8) is 0 Å². The van der Waals surface area contributed by atoms with E-state index in [1.165, 1.54) is 48.3 Å². The lowest BCUT2D eigenvalue weighted by molar-refractivity contribution is 1.03. The Hall–Kier alpha value is -7.80. The van der Waals surface area contributed by atoms with Crippen LogP contribution in [0.3, 0.4) is 0 Å². The smallest absolute Gasteiger partial charge is 0.164 e. The first kappa shape index (κ1) is 34.1. The van der Waals surface area contributed by atoms with Gasteiger partial charge in [-0.1, -0.05) is 163 Å². The first-order chi connectivity index (χ1) is 30.2. The van der Waals surface area contributed by atoms with Crippen LogP contribution in [0, 0.1) is 0 Å². The van der Waals surface area contributed by atoms with E-state index in [0.29, 0.717) is 17.5 Å². The van der Waals surface area contributed by atoms with Crippen molar-refractivity contribution in [3.05, 3.63) is 200 Å². The van der Waals surface area contributed by atoms with Gasteiger partial charge in [0.15, 0.2) is 17.5 Å². The summed E-state index contributed by atoms with van der Waals surface area (Å²) in [5.41, 5.74) is 11.0. The molecule has 0 amide bonds. The van der Waals surface area contributed by atoms with Gasteiger partial charge in [0, 0.05) is 48.3 Å². The van der Waals surface area contributed by atoms with Crippen LogP contribution in [0.15, 0.2) is 210 Å². The normalized spacial score (nSPS) is 12.2. The van der Waals surface area contributed by atoms with Gasteiger partial charge in [-0.15, -0.1) is 0 Å². The van der Waals surface area contributed by atoms with Gasteiger partial charge in [0.2, 0.25) is 0 Å². The molecule has 13 rings (SSSR count). The number of para-hydroxylation sites is 3. The summed E-state index contributed by atoms with van der Waals surface area (Å²) in [5.74, 6) is 1.93. The van der Waals surface area contributed by atoms with Crippen LogP contribution < -0.4 is 0 Å². The molecular formula is C55H33N5S. The van der Waals surface area contributed by atoms with E-state index in [9.17, 15) is 0 Å². The molecule has 1 aliphatic heterocycles. The lowest BCUT2D eigenvalue weighted by atomic mass is 10.00. The SMILES string of the molecule is c1ccc(-n2c3ccc(-c4cccc(-c5nc(-c6cccc7ccccc67)nc(-c6cccc7ccccc67)n5)c4)cc3c3c4cccc5c4n(c32)-c2ccccc2S5)cc1. The summed E-state index contributed by atoms with van der Waals surface area (Å²) < 4.78 is 4.93. The van der Waals surface area contributed by atoms with Crippen LogP contribution >= 0.6 is 11.8 Å². The predicted octanol–water partition coefficient (Wildman–Crippen LogP) is 14.4. The van der Waals surface area contributed by atoms with Crippen molar-refractivity contribution in [2.24, 2.45) is 0 Å². The van der Waals surface area contributed by atoms with E-state index >= 15 is 0 Å². The summed E-state index contributed by atoms with van der Waals surface area (Å²) in [6.45, 7) is 0. The monoisotopic (exact) mass is 795 g/mol. The highest BCUT2D eigenvalue weighted by atomic mass is 32.2.